The van der Waals surface area contributed by atoms with E-state index in [0.717, 1.165) is 6.42 Å². The van der Waals surface area contributed by atoms with Crippen LogP contribution in [0.25, 0.3) is 0 Å². The average molecular weight is 314 g/mol. The number of amides is 2. The molecule has 0 saturated carbocycles. The van der Waals surface area contributed by atoms with Gasteiger partial charge in [0.2, 0.25) is 5.91 Å². The van der Waals surface area contributed by atoms with Gasteiger partial charge in [-0.3, -0.25) is 9.59 Å². The third kappa shape index (κ3) is 4.03. The van der Waals surface area contributed by atoms with Gasteiger partial charge in [-0.2, -0.15) is 0 Å². The number of nitrogen functional groups attached to an aromatic ring is 1. The summed E-state index contributed by atoms with van der Waals surface area (Å²) in [6, 6.07) is 5.01. The Morgan fingerprint density at radius 3 is 2.72 bits per heavy atom. The van der Waals surface area contributed by atoms with Gasteiger partial charge in [0.1, 0.15) is 0 Å². The van der Waals surface area contributed by atoms with Crippen LogP contribution < -0.4 is 16.4 Å². The third-order valence-corrected chi connectivity index (χ3v) is 3.14. The first-order valence-electron chi connectivity index (χ1n) is 5.65. The van der Waals surface area contributed by atoms with E-state index in [9.17, 15) is 9.59 Å². The van der Waals surface area contributed by atoms with Gasteiger partial charge in [0.05, 0.1) is 16.6 Å². The van der Waals surface area contributed by atoms with Gasteiger partial charge >= 0.3 is 0 Å². The summed E-state index contributed by atoms with van der Waals surface area (Å²) in [6.07, 6.45) is 0.862. The van der Waals surface area contributed by atoms with Gasteiger partial charge in [-0.1, -0.05) is 13.0 Å². The molecule has 0 heterocycles. The number of hydrogen-bond donors (Lipinski definition) is 3. The highest BCUT2D eigenvalue weighted by atomic mass is 79.9. The molecule has 0 aliphatic rings. The van der Waals surface area contributed by atoms with Crippen molar-refractivity contribution in [2.75, 3.05) is 18.8 Å². The summed E-state index contributed by atoms with van der Waals surface area (Å²) in [4.78, 5) is 23.1. The fourth-order valence-electron chi connectivity index (χ4n) is 1.31. The molecule has 0 bridgehead atoms. The van der Waals surface area contributed by atoms with Crippen LogP contribution in [0.1, 0.15) is 23.7 Å². The zero-order valence-electron chi connectivity index (χ0n) is 10.1. The molecule has 1 aromatic carbocycles. The van der Waals surface area contributed by atoms with E-state index in [1.165, 1.54) is 0 Å². The second-order valence-corrected chi connectivity index (χ2v) is 4.53. The Balaban J connectivity index is 2.55. The number of hydrogen-bond acceptors (Lipinski definition) is 3. The van der Waals surface area contributed by atoms with Gasteiger partial charge in [0.25, 0.3) is 5.91 Å². The molecule has 0 aliphatic carbocycles. The Morgan fingerprint density at radius 1 is 1.33 bits per heavy atom. The predicted octanol–water partition coefficient (Wildman–Crippen LogP) is 1.29. The number of benzene rings is 1. The number of nitrogens with two attached hydrogens (primary N) is 1. The highest BCUT2D eigenvalue weighted by Gasteiger charge is 2.12. The molecule has 0 fully saturated rings. The zero-order valence-corrected chi connectivity index (χ0v) is 11.7. The molecule has 1 rings (SSSR count). The highest BCUT2D eigenvalue weighted by molar-refractivity contribution is 9.10. The van der Waals surface area contributed by atoms with Crippen LogP contribution in [0.5, 0.6) is 0 Å². The number of halogens is 1. The minimum Gasteiger partial charge on any atom is -0.398 e. The molecule has 0 radical (unpaired) electrons. The largest absolute Gasteiger partial charge is 0.398 e. The maximum absolute atomic E-state index is 11.8. The van der Waals surface area contributed by atoms with Gasteiger partial charge in [-0.25, -0.2) is 0 Å². The van der Waals surface area contributed by atoms with E-state index in [0.29, 0.717) is 22.3 Å². The zero-order chi connectivity index (χ0) is 13.5. The van der Waals surface area contributed by atoms with Crippen molar-refractivity contribution in [1.82, 2.24) is 10.6 Å². The van der Waals surface area contributed by atoms with Crippen molar-refractivity contribution < 1.29 is 9.59 Å². The molecule has 0 unspecified atom stereocenters. The number of nitrogens with one attached hydrogen (secondary N) is 2. The van der Waals surface area contributed by atoms with Crippen molar-refractivity contribution >= 4 is 33.4 Å². The molecular weight excluding hydrogens is 298 g/mol. The van der Waals surface area contributed by atoms with Crippen LogP contribution in [-0.2, 0) is 4.79 Å². The van der Waals surface area contributed by atoms with Gasteiger partial charge in [0.15, 0.2) is 0 Å². The smallest absolute Gasteiger partial charge is 0.252 e. The fourth-order valence-corrected chi connectivity index (χ4v) is 1.75. The number of carbonyl (C=O) groups is 2. The monoisotopic (exact) mass is 313 g/mol. The van der Waals surface area contributed by atoms with Crippen LogP contribution >= 0.6 is 15.9 Å². The lowest BCUT2D eigenvalue weighted by Crippen LogP contribution is -2.37. The topological polar surface area (TPSA) is 84.2 Å². The number of anilines is 1. The van der Waals surface area contributed by atoms with Gasteiger partial charge < -0.3 is 16.4 Å². The number of carbonyl (C=O) groups excluding carboxylic acids is 2. The Kier molecular flexibility index (Phi) is 5.64. The summed E-state index contributed by atoms with van der Waals surface area (Å²) in [7, 11) is 0. The predicted molar refractivity (Wildman–Crippen MR) is 74.2 cm³/mol. The maximum Gasteiger partial charge on any atom is 0.252 e. The minimum absolute atomic E-state index is 0.0416. The third-order valence-electron chi connectivity index (χ3n) is 2.25. The molecule has 5 nitrogen and oxygen atoms in total. The van der Waals surface area contributed by atoms with E-state index in [-0.39, 0.29) is 18.4 Å². The lowest BCUT2D eigenvalue weighted by Gasteiger charge is -2.08. The normalized spacial score (nSPS) is 9.89. The van der Waals surface area contributed by atoms with E-state index in [1.807, 2.05) is 6.92 Å². The molecule has 0 aromatic heterocycles. The summed E-state index contributed by atoms with van der Waals surface area (Å²) in [6.45, 7) is 2.53. The molecule has 0 atom stereocenters. The van der Waals surface area contributed by atoms with E-state index in [2.05, 4.69) is 26.6 Å². The molecule has 0 aliphatic heterocycles. The SMILES string of the molecule is CCCNC(=O)CNC(=O)c1cccc(N)c1Br. The Morgan fingerprint density at radius 2 is 2.06 bits per heavy atom. The van der Waals surface area contributed by atoms with Crippen LogP contribution in [0, 0.1) is 0 Å². The van der Waals surface area contributed by atoms with Crippen molar-refractivity contribution in [2.45, 2.75) is 13.3 Å². The lowest BCUT2D eigenvalue weighted by molar-refractivity contribution is -0.120. The van der Waals surface area contributed by atoms with E-state index >= 15 is 0 Å². The fraction of sp³-hybridized carbons (Fsp3) is 0.333. The Hall–Kier alpha value is -1.56. The first-order chi connectivity index (χ1) is 8.56. The summed E-state index contributed by atoms with van der Waals surface area (Å²) < 4.78 is 0.538. The molecule has 98 valence electrons. The average Bonchev–Trinajstić information content (AvgIpc) is 2.36. The summed E-state index contributed by atoms with van der Waals surface area (Å²) in [5.74, 6) is -0.536. The number of rotatable bonds is 5. The minimum atomic E-state index is -0.333. The van der Waals surface area contributed by atoms with Crippen LogP contribution in [0.3, 0.4) is 0 Å². The Labute approximate surface area is 114 Å². The van der Waals surface area contributed by atoms with Crippen molar-refractivity contribution in [3.05, 3.63) is 28.2 Å². The van der Waals surface area contributed by atoms with Gasteiger partial charge in [-0.15, -0.1) is 0 Å². The molecule has 1 aromatic rings. The van der Waals surface area contributed by atoms with Crippen molar-refractivity contribution in [3.63, 3.8) is 0 Å². The lowest BCUT2D eigenvalue weighted by atomic mass is 10.2. The van der Waals surface area contributed by atoms with Gasteiger partial charge in [-0.05, 0) is 34.5 Å². The molecule has 2 amide bonds. The molecule has 0 saturated heterocycles. The quantitative estimate of drug-likeness (QED) is 0.716. The second kappa shape index (κ2) is 7.00. The van der Waals surface area contributed by atoms with Crippen molar-refractivity contribution in [2.24, 2.45) is 0 Å². The molecular formula is C12H16BrN3O2. The summed E-state index contributed by atoms with van der Waals surface area (Å²) >= 11 is 3.24. The van der Waals surface area contributed by atoms with E-state index < -0.39 is 0 Å². The maximum atomic E-state index is 11.8. The van der Waals surface area contributed by atoms with Crippen LogP contribution in [0.15, 0.2) is 22.7 Å². The van der Waals surface area contributed by atoms with Crippen LogP contribution in [0.2, 0.25) is 0 Å². The van der Waals surface area contributed by atoms with Crippen LogP contribution in [-0.4, -0.2) is 24.9 Å². The molecule has 6 heteroatoms. The summed E-state index contributed by atoms with van der Waals surface area (Å²) in [5.41, 5.74) is 6.57. The molecule has 0 spiro atoms. The molecule has 18 heavy (non-hydrogen) atoms. The first-order valence-corrected chi connectivity index (χ1v) is 6.44. The second-order valence-electron chi connectivity index (χ2n) is 3.74. The standard InChI is InChI=1S/C12H16BrN3O2/c1-2-6-15-10(17)7-16-12(18)8-4-3-5-9(14)11(8)13/h3-5H,2,6-7,14H2,1H3,(H,15,17)(H,16,18). The van der Waals surface area contributed by atoms with Crippen LogP contribution in [0.4, 0.5) is 5.69 Å². The first kappa shape index (κ1) is 14.5. The van der Waals surface area contributed by atoms with E-state index in [1.54, 1.807) is 18.2 Å². The van der Waals surface area contributed by atoms with Crippen molar-refractivity contribution in [3.8, 4) is 0 Å². The van der Waals surface area contributed by atoms with Gasteiger partial charge in [0, 0.05) is 12.2 Å². The highest BCUT2D eigenvalue weighted by Crippen LogP contribution is 2.23. The molecule has 4 N–H and O–H groups in total. The summed E-state index contributed by atoms with van der Waals surface area (Å²) in [5, 5.41) is 5.21. The van der Waals surface area contributed by atoms with E-state index in [4.69, 9.17) is 5.73 Å². The Bertz CT molecular complexity index is 449. The van der Waals surface area contributed by atoms with Crippen molar-refractivity contribution in [1.29, 1.82) is 0 Å².